The van der Waals surface area contributed by atoms with Crippen LogP contribution in [0.4, 0.5) is 8.78 Å². The second kappa shape index (κ2) is 26.3. The molecule has 22 heteroatoms. The molecule has 2 N–H and O–H groups in total. The summed E-state index contributed by atoms with van der Waals surface area (Å²) in [5, 5.41) is 49.6. The molecule has 0 bridgehead atoms. The SMILES string of the molecule is BrP(Br)Br.C.C.Cc1nn(C)nc1CBr.Cc1nn(C)nc1CO.Cn1nc(CF)c(CBr)n1.Cn1nc(CO)c(CF)n1. The molecule has 0 aromatic carbocycles. The molecule has 0 spiro atoms. The van der Waals surface area contributed by atoms with Crippen LogP contribution < -0.4 is 0 Å². The predicted octanol–water partition coefficient (Wildman–Crippen LogP) is 6.26. The Morgan fingerprint density at radius 1 is 0.545 bits per heavy atom. The van der Waals surface area contributed by atoms with Crippen molar-refractivity contribution in [2.75, 3.05) is 0 Å². The molecule has 4 aromatic rings. The van der Waals surface area contributed by atoms with Crippen molar-refractivity contribution in [1.29, 1.82) is 0 Å². The van der Waals surface area contributed by atoms with Gasteiger partial charge in [0.15, 0.2) is 0 Å². The van der Waals surface area contributed by atoms with Crippen LogP contribution in [0.25, 0.3) is 0 Å². The Kier molecular flexibility index (Phi) is 28.4. The first kappa shape index (κ1) is 47.6. The first-order valence-corrected chi connectivity index (χ1v) is 21.1. The molecule has 4 aromatic heterocycles. The van der Waals surface area contributed by atoms with Crippen molar-refractivity contribution in [2.24, 2.45) is 28.2 Å². The quantitative estimate of drug-likeness (QED) is 0.167. The first-order valence-electron chi connectivity index (χ1n) is 11.5. The molecule has 0 saturated heterocycles. The summed E-state index contributed by atoms with van der Waals surface area (Å²) >= 11 is 16.0. The number of aromatic nitrogens is 12. The standard InChI is InChI=1S/C5H7BrFN3.C5H8BrN3.C5H8FN3O.C5H9N3O.2CH4.Br3P/c1-10-8-4(2-6)5(3-7)9-10;1-4-5(3-6)8-9(2)7-4;1-9-7-4(2-6)5(3-10)8-9;1-4-5(3-9)7-8(2)6-4;;;1-4(2)3/h2-3H2,1H3;3H2,1-2H3;10H,2-3H2,1H3;9H,3H2,1-2H3;2*1H4;. The summed E-state index contributed by atoms with van der Waals surface area (Å²) in [4.78, 5) is 5.62. The maximum Gasteiger partial charge on any atom is 0.135 e. The molecule has 44 heavy (non-hydrogen) atoms. The third kappa shape index (κ3) is 19.0. The molecule has 0 fully saturated rings. The van der Waals surface area contributed by atoms with Crippen molar-refractivity contribution >= 4 is 82.4 Å². The Bertz CT molecular complexity index is 1170. The summed E-state index contributed by atoms with van der Waals surface area (Å²) < 4.78 is 23.8. The van der Waals surface area contributed by atoms with Crippen LogP contribution in [0.3, 0.4) is 0 Å². The van der Waals surface area contributed by atoms with Crippen LogP contribution in [0, 0.1) is 13.8 Å². The van der Waals surface area contributed by atoms with Crippen LogP contribution >= 0.6 is 82.4 Å². The lowest BCUT2D eigenvalue weighted by atomic mass is 10.4. The minimum atomic E-state index is -0.677. The van der Waals surface area contributed by atoms with Gasteiger partial charge in [-0.05, 0) is 60.3 Å². The van der Waals surface area contributed by atoms with Gasteiger partial charge in [0.1, 0.15) is 40.2 Å². The lowest BCUT2D eigenvalue weighted by Crippen LogP contribution is -1.92. The lowest BCUT2D eigenvalue weighted by Gasteiger charge is -1.85. The number of aliphatic hydroxyl groups excluding tert-OH is 2. The minimum absolute atomic E-state index is 0. The minimum Gasteiger partial charge on any atom is -0.390 e. The van der Waals surface area contributed by atoms with E-state index in [0.29, 0.717) is 28.1 Å². The van der Waals surface area contributed by atoms with E-state index in [0.717, 1.165) is 22.4 Å². The highest BCUT2D eigenvalue weighted by atomic mass is 80.0. The molecule has 254 valence electrons. The molecule has 14 nitrogen and oxygen atoms in total. The molecular formula is C22H40Br5F2N12O2P. The molecule has 0 saturated carbocycles. The van der Waals surface area contributed by atoms with Gasteiger partial charge in [0.2, 0.25) is 0 Å². The molecule has 0 radical (unpaired) electrons. The normalized spacial score (nSPS) is 9.64. The number of hydrogen-bond donors (Lipinski definition) is 2. The number of halogens is 7. The van der Waals surface area contributed by atoms with Crippen molar-refractivity contribution in [3.05, 3.63) is 45.6 Å². The van der Waals surface area contributed by atoms with Gasteiger partial charge in [-0.1, -0.05) is 46.7 Å². The summed E-state index contributed by atoms with van der Waals surface area (Å²) in [6, 6.07) is 0. The van der Waals surface area contributed by atoms with Crippen LogP contribution in [0.15, 0.2) is 0 Å². The highest BCUT2D eigenvalue weighted by molar-refractivity contribution is 9.93. The molecule has 0 aliphatic rings. The summed E-state index contributed by atoms with van der Waals surface area (Å²) in [6.45, 7) is 2.26. The van der Waals surface area contributed by atoms with Crippen molar-refractivity contribution in [3.63, 3.8) is 0 Å². The zero-order valence-electron chi connectivity index (χ0n) is 23.6. The molecule has 0 aliphatic carbocycles. The van der Waals surface area contributed by atoms with Crippen molar-refractivity contribution < 1.29 is 19.0 Å². The van der Waals surface area contributed by atoms with E-state index in [9.17, 15) is 8.78 Å². The Balaban J connectivity index is -0.000000483. The molecule has 0 aliphatic heterocycles. The van der Waals surface area contributed by atoms with Crippen LogP contribution in [-0.2, 0) is 65.4 Å². The van der Waals surface area contributed by atoms with Gasteiger partial charge in [0.25, 0.3) is 0 Å². The van der Waals surface area contributed by atoms with Crippen molar-refractivity contribution in [3.8, 4) is 0 Å². The fraction of sp³-hybridized carbons (Fsp3) is 0.636. The smallest absolute Gasteiger partial charge is 0.135 e. The topological polar surface area (TPSA) is 163 Å². The molecule has 0 atom stereocenters. The Labute approximate surface area is 299 Å². The van der Waals surface area contributed by atoms with Crippen LogP contribution in [0.5, 0.6) is 0 Å². The predicted molar refractivity (Wildman–Crippen MR) is 187 cm³/mol. The number of rotatable bonds is 6. The average molecular weight is 973 g/mol. The molecule has 0 unspecified atom stereocenters. The van der Waals surface area contributed by atoms with E-state index in [-0.39, 0.29) is 37.8 Å². The second-order valence-corrected chi connectivity index (χ2v) is 24.1. The summed E-state index contributed by atoms with van der Waals surface area (Å²) in [6.07, 6.45) is 0. The van der Waals surface area contributed by atoms with E-state index in [4.69, 9.17) is 10.2 Å². The highest BCUT2D eigenvalue weighted by Crippen LogP contribution is 2.59. The van der Waals surface area contributed by atoms with Crippen molar-refractivity contribution in [2.45, 2.75) is 65.9 Å². The van der Waals surface area contributed by atoms with Gasteiger partial charge in [0.05, 0.1) is 36.0 Å². The molecule has 0 amide bonds. The van der Waals surface area contributed by atoms with E-state index < -0.39 is 13.3 Å². The van der Waals surface area contributed by atoms with E-state index in [1.54, 1.807) is 25.9 Å². The Hall–Kier alpha value is -0.830. The molecule has 4 rings (SSSR count). The largest absolute Gasteiger partial charge is 0.390 e. The fourth-order valence-electron chi connectivity index (χ4n) is 2.77. The van der Waals surface area contributed by atoms with E-state index in [1.165, 1.54) is 14.4 Å². The monoisotopic (exact) mass is 968 g/mol. The number of nitrogens with zero attached hydrogens (tertiary/aromatic N) is 12. The number of hydrogen-bond acceptors (Lipinski definition) is 10. The maximum atomic E-state index is 12.0. The summed E-state index contributed by atoms with van der Waals surface area (Å²) in [7, 11) is 6.80. The summed E-state index contributed by atoms with van der Waals surface area (Å²) in [5.41, 5.74) is 5.06. The Morgan fingerprint density at radius 3 is 1.02 bits per heavy atom. The molecular weight excluding hydrogens is 933 g/mol. The Morgan fingerprint density at radius 2 is 0.818 bits per heavy atom. The average Bonchev–Trinajstić information content (AvgIpc) is 3.68. The fourth-order valence-corrected chi connectivity index (χ4v) is 3.72. The van der Waals surface area contributed by atoms with E-state index in [2.05, 4.69) is 119 Å². The first-order chi connectivity index (χ1) is 19.8. The van der Waals surface area contributed by atoms with E-state index >= 15 is 0 Å². The van der Waals surface area contributed by atoms with Crippen molar-refractivity contribution in [1.82, 2.24) is 60.0 Å². The van der Waals surface area contributed by atoms with Crippen LogP contribution in [-0.4, -0.2) is 70.2 Å². The third-order valence-corrected chi connectivity index (χ3v) is 5.55. The zero-order chi connectivity index (χ0) is 32.4. The van der Waals surface area contributed by atoms with E-state index in [1.807, 2.05) is 20.9 Å². The van der Waals surface area contributed by atoms with Crippen LogP contribution in [0.2, 0.25) is 0 Å². The second-order valence-electron chi connectivity index (χ2n) is 7.65. The van der Waals surface area contributed by atoms with Gasteiger partial charge >= 0.3 is 0 Å². The number of aryl methyl sites for hydroxylation is 6. The van der Waals surface area contributed by atoms with Crippen LogP contribution in [0.1, 0.15) is 60.4 Å². The van der Waals surface area contributed by atoms with Gasteiger partial charge in [-0.15, -0.1) is 0 Å². The number of alkyl halides is 4. The van der Waals surface area contributed by atoms with Gasteiger partial charge in [-0.3, -0.25) is 0 Å². The third-order valence-electron chi connectivity index (χ3n) is 4.49. The lowest BCUT2D eigenvalue weighted by molar-refractivity contribution is 0.273. The van der Waals surface area contributed by atoms with Gasteiger partial charge in [-0.25, -0.2) is 8.78 Å². The van der Waals surface area contributed by atoms with Gasteiger partial charge in [0, 0.05) is 38.9 Å². The highest BCUT2D eigenvalue weighted by Gasteiger charge is 2.07. The number of aliphatic hydroxyl groups is 2. The van der Waals surface area contributed by atoms with Gasteiger partial charge < -0.3 is 10.2 Å². The maximum absolute atomic E-state index is 12.0. The summed E-state index contributed by atoms with van der Waals surface area (Å²) in [5.74, 6) is 0. The molecule has 4 heterocycles. The van der Waals surface area contributed by atoms with Gasteiger partial charge in [-0.2, -0.15) is 60.0 Å². The zero-order valence-corrected chi connectivity index (χ0v) is 32.4.